The van der Waals surface area contributed by atoms with E-state index in [4.69, 9.17) is 9.47 Å². The summed E-state index contributed by atoms with van der Waals surface area (Å²) in [5.74, 6) is 0.444. The highest BCUT2D eigenvalue weighted by atomic mass is 19.1. The topological polar surface area (TPSA) is 35.5 Å². The Morgan fingerprint density at radius 3 is 2.45 bits per heavy atom. The van der Waals surface area contributed by atoms with E-state index in [1.54, 1.807) is 6.07 Å². The molecule has 0 saturated carbocycles. The fourth-order valence-corrected chi connectivity index (χ4v) is 1.81. The van der Waals surface area contributed by atoms with Crippen molar-refractivity contribution in [1.29, 1.82) is 0 Å². The van der Waals surface area contributed by atoms with Crippen LogP contribution in [0.1, 0.15) is 22.8 Å². The third-order valence-corrected chi connectivity index (χ3v) is 2.95. The SMILES string of the molecule is CCc1ccc(Oc2ccc(C=O)cc2F)c(OC)c1. The molecule has 0 amide bonds. The lowest BCUT2D eigenvalue weighted by Crippen LogP contribution is -1.94. The Hall–Kier alpha value is -2.36. The van der Waals surface area contributed by atoms with E-state index in [2.05, 4.69) is 0 Å². The van der Waals surface area contributed by atoms with E-state index in [1.807, 2.05) is 19.1 Å². The zero-order chi connectivity index (χ0) is 14.5. The third-order valence-electron chi connectivity index (χ3n) is 2.95. The Morgan fingerprint density at radius 2 is 1.85 bits per heavy atom. The van der Waals surface area contributed by atoms with E-state index in [-0.39, 0.29) is 11.3 Å². The average Bonchev–Trinajstić information content (AvgIpc) is 2.49. The van der Waals surface area contributed by atoms with Crippen molar-refractivity contribution in [3.63, 3.8) is 0 Å². The average molecular weight is 274 g/mol. The first-order chi connectivity index (χ1) is 9.67. The van der Waals surface area contributed by atoms with E-state index in [0.717, 1.165) is 18.1 Å². The van der Waals surface area contributed by atoms with Gasteiger partial charge in [0.1, 0.15) is 6.29 Å². The molecule has 0 heterocycles. The molecule has 0 aromatic heterocycles. The van der Waals surface area contributed by atoms with Gasteiger partial charge >= 0.3 is 0 Å². The lowest BCUT2D eigenvalue weighted by molar-refractivity contribution is 0.112. The quantitative estimate of drug-likeness (QED) is 0.773. The summed E-state index contributed by atoms with van der Waals surface area (Å²) in [5.41, 5.74) is 1.37. The molecule has 4 heteroatoms. The van der Waals surface area contributed by atoms with Gasteiger partial charge in [-0.25, -0.2) is 4.39 Å². The first kappa shape index (κ1) is 14.1. The molecular weight excluding hydrogens is 259 g/mol. The molecule has 0 spiro atoms. The van der Waals surface area contributed by atoms with E-state index in [9.17, 15) is 9.18 Å². The summed E-state index contributed by atoms with van der Waals surface area (Å²) in [7, 11) is 1.54. The smallest absolute Gasteiger partial charge is 0.169 e. The zero-order valence-electron chi connectivity index (χ0n) is 11.4. The van der Waals surface area contributed by atoms with Crippen molar-refractivity contribution in [2.45, 2.75) is 13.3 Å². The van der Waals surface area contributed by atoms with Gasteiger partial charge < -0.3 is 9.47 Å². The van der Waals surface area contributed by atoms with E-state index in [0.29, 0.717) is 17.8 Å². The van der Waals surface area contributed by atoms with Gasteiger partial charge in [0.05, 0.1) is 7.11 Å². The highest BCUT2D eigenvalue weighted by Gasteiger charge is 2.10. The fourth-order valence-electron chi connectivity index (χ4n) is 1.81. The van der Waals surface area contributed by atoms with Crippen LogP contribution in [0, 0.1) is 5.82 Å². The number of aryl methyl sites for hydroxylation is 1. The van der Waals surface area contributed by atoms with Crippen molar-refractivity contribution in [1.82, 2.24) is 0 Å². The Labute approximate surface area is 117 Å². The normalized spacial score (nSPS) is 10.2. The summed E-state index contributed by atoms with van der Waals surface area (Å²) in [6, 6.07) is 9.55. The van der Waals surface area contributed by atoms with Crippen LogP contribution in [-0.4, -0.2) is 13.4 Å². The predicted octanol–water partition coefficient (Wildman–Crippen LogP) is 4.00. The van der Waals surface area contributed by atoms with Gasteiger partial charge in [-0.3, -0.25) is 4.79 Å². The molecule has 3 nitrogen and oxygen atoms in total. The monoisotopic (exact) mass is 274 g/mol. The highest BCUT2D eigenvalue weighted by molar-refractivity contribution is 5.75. The van der Waals surface area contributed by atoms with Crippen molar-refractivity contribution in [3.8, 4) is 17.2 Å². The van der Waals surface area contributed by atoms with Crippen LogP contribution < -0.4 is 9.47 Å². The Kier molecular flexibility index (Phi) is 4.35. The van der Waals surface area contributed by atoms with Crippen molar-refractivity contribution in [2.75, 3.05) is 7.11 Å². The number of hydrogen-bond acceptors (Lipinski definition) is 3. The summed E-state index contributed by atoms with van der Waals surface area (Å²) >= 11 is 0. The number of carbonyl (C=O) groups excluding carboxylic acids is 1. The van der Waals surface area contributed by atoms with Crippen LogP contribution in [0.15, 0.2) is 36.4 Å². The highest BCUT2D eigenvalue weighted by Crippen LogP contribution is 2.33. The Morgan fingerprint density at radius 1 is 1.10 bits per heavy atom. The van der Waals surface area contributed by atoms with Gasteiger partial charge in [0.15, 0.2) is 23.1 Å². The second kappa shape index (κ2) is 6.19. The lowest BCUT2D eigenvalue weighted by Gasteiger charge is -2.12. The fraction of sp³-hybridized carbons (Fsp3) is 0.188. The standard InChI is InChI=1S/C16H15FO3/c1-3-11-4-7-15(16(9-11)19-2)20-14-6-5-12(10-18)8-13(14)17/h4-10H,3H2,1-2H3. The molecule has 0 bridgehead atoms. The number of halogens is 1. The maximum absolute atomic E-state index is 13.8. The maximum atomic E-state index is 13.8. The molecule has 0 radical (unpaired) electrons. The molecule has 104 valence electrons. The van der Waals surface area contributed by atoms with Crippen molar-refractivity contribution in [3.05, 3.63) is 53.3 Å². The summed E-state index contributed by atoms with van der Waals surface area (Å²) < 4.78 is 24.5. The number of carbonyl (C=O) groups is 1. The van der Waals surface area contributed by atoms with Crippen LogP contribution in [0.4, 0.5) is 4.39 Å². The van der Waals surface area contributed by atoms with Crippen LogP contribution in [0.25, 0.3) is 0 Å². The Bertz CT molecular complexity index is 623. The zero-order valence-corrected chi connectivity index (χ0v) is 11.4. The van der Waals surface area contributed by atoms with E-state index in [1.165, 1.54) is 19.2 Å². The molecule has 2 aromatic rings. The molecule has 0 saturated heterocycles. The van der Waals surface area contributed by atoms with Crippen LogP contribution in [0.2, 0.25) is 0 Å². The van der Waals surface area contributed by atoms with Crippen LogP contribution in [0.5, 0.6) is 17.2 Å². The number of benzene rings is 2. The van der Waals surface area contributed by atoms with Gasteiger partial charge in [0.25, 0.3) is 0 Å². The minimum absolute atomic E-state index is 0.0538. The lowest BCUT2D eigenvalue weighted by atomic mass is 10.1. The number of methoxy groups -OCH3 is 1. The van der Waals surface area contributed by atoms with Gasteiger partial charge in [-0.15, -0.1) is 0 Å². The minimum Gasteiger partial charge on any atom is -0.493 e. The molecule has 0 atom stereocenters. The van der Waals surface area contributed by atoms with Gasteiger partial charge in [0, 0.05) is 5.56 Å². The van der Waals surface area contributed by atoms with Crippen LogP contribution >= 0.6 is 0 Å². The second-order valence-corrected chi connectivity index (χ2v) is 4.25. The van der Waals surface area contributed by atoms with E-state index >= 15 is 0 Å². The largest absolute Gasteiger partial charge is 0.493 e. The van der Waals surface area contributed by atoms with Gasteiger partial charge in [-0.05, 0) is 42.3 Å². The predicted molar refractivity (Wildman–Crippen MR) is 74.2 cm³/mol. The molecule has 2 aromatic carbocycles. The molecule has 0 fully saturated rings. The number of ether oxygens (including phenoxy) is 2. The van der Waals surface area contributed by atoms with Gasteiger partial charge in [-0.2, -0.15) is 0 Å². The van der Waals surface area contributed by atoms with Gasteiger partial charge in [-0.1, -0.05) is 13.0 Å². The molecular formula is C16H15FO3. The van der Waals surface area contributed by atoms with Crippen molar-refractivity contribution < 1.29 is 18.7 Å². The third kappa shape index (κ3) is 2.96. The molecule has 2 rings (SSSR count). The molecule has 0 aliphatic heterocycles. The molecule has 0 unspecified atom stereocenters. The molecule has 20 heavy (non-hydrogen) atoms. The Balaban J connectivity index is 2.32. The summed E-state index contributed by atoms with van der Waals surface area (Å²) in [4.78, 5) is 10.6. The number of aldehydes is 1. The number of hydrogen-bond donors (Lipinski definition) is 0. The van der Waals surface area contributed by atoms with E-state index < -0.39 is 5.82 Å². The molecule has 0 aliphatic rings. The van der Waals surface area contributed by atoms with Crippen LogP contribution in [-0.2, 0) is 6.42 Å². The summed E-state index contributed by atoms with van der Waals surface area (Å²) in [6.07, 6.45) is 1.46. The first-order valence-corrected chi connectivity index (χ1v) is 6.27. The summed E-state index contributed by atoms with van der Waals surface area (Å²) in [5, 5.41) is 0. The minimum atomic E-state index is -0.587. The maximum Gasteiger partial charge on any atom is 0.169 e. The molecule has 0 aliphatic carbocycles. The van der Waals surface area contributed by atoms with Crippen molar-refractivity contribution in [2.24, 2.45) is 0 Å². The second-order valence-electron chi connectivity index (χ2n) is 4.25. The van der Waals surface area contributed by atoms with Crippen LogP contribution in [0.3, 0.4) is 0 Å². The van der Waals surface area contributed by atoms with Crippen molar-refractivity contribution >= 4 is 6.29 Å². The first-order valence-electron chi connectivity index (χ1n) is 6.27. The number of rotatable bonds is 5. The van der Waals surface area contributed by atoms with Gasteiger partial charge in [0.2, 0.25) is 0 Å². The summed E-state index contributed by atoms with van der Waals surface area (Å²) in [6.45, 7) is 2.03. The molecule has 0 N–H and O–H groups in total.